The number of benzene rings is 1. The number of rotatable bonds is 4. The summed E-state index contributed by atoms with van der Waals surface area (Å²) in [6.07, 6.45) is 3.00. The highest BCUT2D eigenvalue weighted by atomic mass is 35.5. The minimum atomic E-state index is -0.346. The van der Waals surface area contributed by atoms with Crippen LogP contribution in [-0.2, 0) is 0 Å². The van der Waals surface area contributed by atoms with Crippen LogP contribution in [0.15, 0.2) is 52.0 Å². The van der Waals surface area contributed by atoms with Crippen LogP contribution in [-0.4, -0.2) is 28.4 Å². The largest absolute Gasteiger partial charge is 0.496 e. The van der Waals surface area contributed by atoms with Crippen molar-refractivity contribution < 1.29 is 14.3 Å². The van der Waals surface area contributed by atoms with Gasteiger partial charge in [0.25, 0.3) is 0 Å². The summed E-state index contributed by atoms with van der Waals surface area (Å²) in [7, 11) is 1.53. The third kappa shape index (κ3) is 3.32. The molecule has 0 bridgehead atoms. The molecule has 0 saturated heterocycles. The van der Waals surface area contributed by atoms with Crippen LogP contribution in [0.4, 0.5) is 5.82 Å². The van der Waals surface area contributed by atoms with Crippen molar-refractivity contribution in [3.63, 3.8) is 0 Å². The molecule has 3 aromatic rings. The van der Waals surface area contributed by atoms with E-state index in [1.54, 1.807) is 36.5 Å². The fraction of sp³-hybridized carbons (Fsp3) is 0.0625. The van der Waals surface area contributed by atoms with E-state index in [0.29, 0.717) is 22.2 Å². The first-order chi connectivity index (χ1) is 11.2. The zero-order valence-corrected chi connectivity index (χ0v) is 12.9. The molecule has 0 saturated carbocycles. The van der Waals surface area contributed by atoms with Crippen molar-refractivity contribution in [2.45, 2.75) is 0 Å². The number of hydrogen-bond donors (Lipinski definition) is 1. The van der Waals surface area contributed by atoms with E-state index in [9.17, 15) is 5.11 Å². The van der Waals surface area contributed by atoms with Crippen molar-refractivity contribution >= 4 is 23.6 Å². The van der Waals surface area contributed by atoms with Gasteiger partial charge in [0.05, 0.1) is 18.9 Å². The Hall–Kier alpha value is -2.86. The predicted octanol–water partition coefficient (Wildman–Crippen LogP) is 3.85. The minimum absolute atomic E-state index is 0.185. The normalized spacial score (nSPS) is 11.0. The first-order valence-corrected chi connectivity index (χ1v) is 7.04. The van der Waals surface area contributed by atoms with Gasteiger partial charge in [-0.05, 0) is 30.3 Å². The van der Waals surface area contributed by atoms with Gasteiger partial charge in [-0.1, -0.05) is 17.7 Å². The van der Waals surface area contributed by atoms with Crippen molar-refractivity contribution in [2.75, 3.05) is 7.11 Å². The van der Waals surface area contributed by atoms with Gasteiger partial charge in [0, 0.05) is 11.2 Å². The average molecular weight is 330 g/mol. The molecule has 0 radical (unpaired) electrons. The number of aliphatic imine (C=N–C) groups is 1. The molecule has 6 nitrogen and oxygen atoms in total. The molecule has 7 heteroatoms. The van der Waals surface area contributed by atoms with Crippen molar-refractivity contribution in [2.24, 2.45) is 4.99 Å². The number of nitrogens with zero attached hydrogens (tertiary/aromatic N) is 3. The zero-order chi connectivity index (χ0) is 16.2. The summed E-state index contributed by atoms with van der Waals surface area (Å²) in [4.78, 5) is 12.4. The van der Waals surface area contributed by atoms with Crippen molar-refractivity contribution in [1.82, 2.24) is 9.97 Å². The summed E-state index contributed by atoms with van der Waals surface area (Å²) in [6.45, 7) is 0. The van der Waals surface area contributed by atoms with Gasteiger partial charge in [0.2, 0.25) is 5.89 Å². The molecule has 2 aromatic heterocycles. The van der Waals surface area contributed by atoms with E-state index in [2.05, 4.69) is 15.0 Å². The Bertz CT molecular complexity index is 847. The maximum atomic E-state index is 9.89. The smallest absolute Gasteiger partial charge is 0.312 e. The number of aromatic nitrogens is 2. The van der Waals surface area contributed by atoms with E-state index >= 15 is 0 Å². The molecule has 0 aliphatic heterocycles. The van der Waals surface area contributed by atoms with Crippen LogP contribution in [0.25, 0.3) is 11.5 Å². The lowest BCUT2D eigenvalue weighted by molar-refractivity contribution is 0.336. The molecule has 0 unspecified atom stereocenters. The Labute approximate surface area is 137 Å². The molecule has 0 atom stereocenters. The second kappa shape index (κ2) is 6.50. The summed E-state index contributed by atoms with van der Waals surface area (Å²) in [5.41, 5.74) is 0.723. The quantitative estimate of drug-likeness (QED) is 0.735. The van der Waals surface area contributed by atoms with Gasteiger partial charge in [-0.15, -0.1) is 0 Å². The summed E-state index contributed by atoms with van der Waals surface area (Å²) >= 11 is 5.99. The number of hydrogen-bond acceptors (Lipinski definition) is 6. The van der Waals surface area contributed by atoms with Gasteiger partial charge in [-0.2, -0.15) is 0 Å². The van der Waals surface area contributed by atoms with E-state index in [1.807, 2.05) is 6.07 Å². The van der Waals surface area contributed by atoms with E-state index in [1.165, 1.54) is 13.3 Å². The third-order valence-electron chi connectivity index (χ3n) is 2.99. The van der Waals surface area contributed by atoms with Gasteiger partial charge in [0.1, 0.15) is 5.75 Å². The van der Waals surface area contributed by atoms with E-state index in [0.717, 1.165) is 0 Å². The Kier molecular flexibility index (Phi) is 4.25. The van der Waals surface area contributed by atoms with E-state index in [4.69, 9.17) is 20.8 Å². The summed E-state index contributed by atoms with van der Waals surface area (Å²) in [5, 5.41) is 10.4. The van der Waals surface area contributed by atoms with Crippen molar-refractivity contribution in [3.8, 4) is 23.1 Å². The molecule has 116 valence electrons. The van der Waals surface area contributed by atoms with Gasteiger partial charge in [0.15, 0.2) is 11.5 Å². The van der Waals surface area contributed by atoms with Gasteiger partial charge < -0.3 is 14.3 Å². The van der Waals surface area contributed by atoms with Gasteiger partial charge >= 0.3 is 5.95 Å². The molecule has 23 heavy (non-hydrogen) atoms. The molecule has 0 spiro atoms. The fourth-order valence-electron chi connectivity index (χ4n) is 1.93. The Morgan fingerprint density at radius 1 is 1.30 bits per heavy atom. The number of oxazole rings is 1. The minimum Gasteiger partial charge on any atom is -0.496 e. The lowest BCUT2D eigenvalue weighted by atomic mass is 10.2. The highest BCUT2D eigenvalue weighted by molar-refractivity contribution is 6.30. The molecule has 0 amide bonds. The standard InChI is InChI=1S/C16H12ClN3O3/c1-22-13-6-5-10(17)8-11(13)15-20-12(16(21)23-15)9-19-14-4-2-3-7-18-14/h2-9,21H,1H3. The maximum absolute atomic E-state index is 9.89. The number of halogens is 1. The molecular formula is C16H12ClN3O3. The second-order valence-electron chi connectivity index (χ2n) is 4.50. The van der Waals surface area contributed by atoms with Crippen molar-refractivity contribution in [3.05, 3.63) is 53.3 Å². The van der Waals surface area contributed by atoms with E-state index < -0.39 is 0 Å². The van der Waals surface area contributed by atoms with Crippen LogP contribution < -0.4 is 4.74 Å². The Morgan fingerprint density at radius 2 is 2.17 bits per heavy atom. The summed E-state index contributed by atoms with van der Waals surface area (Å²) in [6, 6.07) is 10.4. The van der Waals surface area contributed by atoms with Crippen LogP contribution in [0.5, 0.6) is 11.7 Å². The molecule has 0 aliphatic rings. The highest BCUT2D eigenvalue weighted by Gasteiger charge is 2.16. The maximum Gasteiger partial charge on any atom is 0.312 e. The van der Waals surface area contributed by atoms with Crippen LogP contribution in [0.1, 0.15) is 5.69 Å². The molecule has 2 heterocycles. The zero-order valence-electron chi connectivity index (χ0n) is 12.1. The Morgan fingerprint density at radius 3 is 2.91 bits per heavy atom. The predicted molar refractivity (Wildman–Crippen MR) is 86.7 cm³/mol. The van der Waals surface area contributed by atoms with Crippen LogP contribution in [0.2, 0.25) is 5.02 Å². The number of methoxy groups -OCH3 is 1. The van der Waals surface area contributed by atoms with Crippen LogP contribution in [0, 0.1) is 0 Å². The SMILES string of the molecule is COc1ccc(Cl)cc1-c1nc(C=Nc2ccccn2)c(O)o1. The topological polar surface area (TPSA) is 80.7 Å². The average Bonchev–Trinajstić information content (AvgIpc) is 2.95. The molecule has 1 aromatic carbocycles. The van der Waals surface area contributed by atoms with Gasteiger partial charge in [-0.3, -0.25) is 0 Å². The summed E-state index contributed by atoms with van der Waals surface area (Å²) in [5.74, 6) is 0.867. The summed E-state index contributed by atoms with van der Waals surface area (Å²) < 4.78 is 10.5. The van der Waals surface area contributed by atoms with Crippen molar-refractivity contribution in [1.29, 1.82) is 0 Å². The number of pyridine rings is 1. The third-order valence-corrected chi connectivity index (χ3v) is 3.23. The number of aromatic hydroxyl groups is 1. The monoisotopic (exact) mass is 329 g/mol. The first-order valence-electron chi connectivity index (χ1n) is 6.66. The first kappa shape index (κ1) is 15.1. The lowest BCUT2D eigenvalue weighted by Crippen LogP contribution is -1.89. The second-order valence-corrected chi connectivity index (χ2v) is 4.94. The number of ether oxygens (including phenoxy) is 1. The van der Waals surface area contributed by atoms with E-state index in [-0.39, 0.29) is 17.5 Å². The lowest BCUT2D eigenvalue weighted by Gasteiger charge is -2.04. The van der Waals surface area contributed by atoms with Crippen LogP contribution >= 0.6 is 11.6 Å². The molecule has 0 aliphatic carbocycles. The van der Waals surface area contributed by atoms with Crippen LogP contribution in [0.3, 0.4) is 0 Å². The molecule has 0 fully saturated rings. The van der Waals surface area contributed by atoms with Gasteiger partial charge in [-0.25, -0.2) is 15.0 Å². The molecule has 3 rings (SSSR count). The highest BCUT2D eigenvalue weighted by Crippen LogP contribution is 2.34. The fourth-order valence-corrected chi connectivity index (χ4v) is 2.10. The Balaban J connectivity index is 1.95. The molecule has 1 N–H and O–H groups in total. The molecular weight excluding hydrogens is 318 g/mol.